The zero-order valence-corrected chi connectivity index (χ0v) is 17.9. The van der Waals surface area contributed by atoms with Crippen LogP contribution in [-0.4, -0.2) is 0 Å². The quantitative estimate of drug-likeness (QED) is 0.343. The number of benzene rings is 2. The van der Waals surface area contributed by atoms with Gasteiger partial charge in [-0.15, -0.1) is 0 Å². The van der Waals surface area contributed by atoms with Gasteiger partial charge in [-0.3, -0.25) is 0 Å². The maximum Gasteiger partial charge on any atom is 0.228 e. The molecule has 0 bridgehead atoms. The van der Waals surface area contributed by atoms with E-state index in [4.69, 9.17) is 4.74 Å². The minimum absolute atomic E-state index is 0.926. The van der Waals surface area contributed by atoms with E-state index in [1.54, 1.807) is 0 Å². The fourth-order valence-electron chi connectivity index (χ4n) is 4.81. The van der Waals surface area contributed by atoms with Crippen molar-refractivity contribution in [2.75, 3.05) is 0 Å². The van der Waals surface area contributed by atoms with Gasteiger partial charge in [0.05, 0.1) is 6.26 Å². The van der Waals surface area contributed by atoms with E-state index in [1.807, 2.05) is 6.26 Å². The number of hydrogen-bond acceptors (Lipinski definition) is 1. The van der Waals surface area contributed by atoms with Crippen LogP contribution in [0.2, 0.25) is 0 Å². The van der Waals surface area contributed by atoms with Crippen molar-refractivity contribution in [3.05, 3.63) is 138 Å². The second kappa shape index (κ2) is 7.65. The third-order valence-electron chi connectivity index (χ3n) is 6.42. The van der Waals surface area contributed by atoms with Crippen LogP contribution in [0.1, 0.15) is 29.5 Å². The second-order valence-corrected chi connectivity index (χ2v) is 8.47. The molecule has 3 heterocycles. The van der Waals surface area contributed by atoms with E-state index in [9.17, 15) is 0 Å². The Morgan fingerprint density at radius 3 is 2.78 bits per heavy atom. The standard InChI is InChI=1S/C30H24NO/c1-21-18-24(15-17-32-29-12-6-5-11-26(21)29)23-13-14-28-27(20-23)30-25(10-7-16-31(28)30)19-22-8-3-2-4-9-22/h2-5,7-11,13-18,20H,1,6,12,19H2/q+1/b17-15-,24-18+. The Labute approximate surface area is 188 Å². The average molecular weight is 415 g/mol. The molecule has 3 aromatic rings. The Morgan fingerprint density at radius 1 is 0.969 bits per heavy atom. The van der Waals surface area contributed by atoms with Crippen LogP contribution >= 0.6 is 0 Å². The predicted molar refractivity (Wildman–Crippen MR) is 129 cm³/mol. The van der Waals surface area contributed by atoms with Crippen LogP contribution in [0.5, 0.6) is 0 Å². The lowest BCUT2D eigenvalue weighted by Gasteiger charge is -2.21. The fraction of sp³-hybridized carbons (Fsp3) is 0.100. The summed E-state index contributed by atoms with van der Waals surface area (Å²) in [6, 6.07) is 21.8. The van der Waals surface area contributed by atoms with Crippen LogP contribution in [0.25, 0.3) is 22.5 Å². The first kappa shape index (κ1) is 18.8. The summed E-state index contributed by atoms with van der Waals surface area (Å²) in [5.74, 6) is 1.01. The molecule has 0 radical (unpaired) electrons. The Bertz CT molecular complexity index is 1370. The fourth-order valence-corrected chi connectivity index (χ4v) is 4.81. The zero-order chi connectivity index (χ0) is 21.5. The molecule has 6 rings (SSSR count). The maximum absolute atomic E-state index is 5.96. The minimum Gasteiger partial charge on any atom is -0.469 e. The van der Waals surface area contributed by atoms with Gasteiger partial charge < -0.3 is 4.74 Å². The summed E-state index contributed by atoms with van der Waals surface area (Å²) < 4.78 is 8.26. The van der Waals surface area contributed by atoms with Crippen LogP contribution < -0.4 is 4.57 Å². The first-order valence-electron chi connectivity index (χ1n) is 11.1. The molecule has 2 heteroatoms. The van der Waals surface area contributed by atoms with Gasteiger partial charge in [0.2, 0.25) is 11.4 Å². The molecule has 0 saturated heterocycles. The molecule has 0 saturated carbocycles. The molecule has 2 aromatic carbocycles. The van der Waals surface area contributed by atoms with Crippen LogP contribution in [0.3, 0.4) is 0 Å². The van der Waals surface area contributed by atoms with Crippen LogP contribution in [0.4, 0.5) is 0 Å². The monoisotopic (exact) mass is 414 g/mol. The van der Waals surface area contributed by atoms with E-state index in [-0.39, 0.29) is 0 Å². The molecule has 3 aliphatic rings. The summed E-state index contributed by atoms with van der Waals surface area (Å²) in [5, 5.41) is 0. The van der Waals surface area contributed by atoms with Crippen LogP contribution in [0.15, 0.2) is 121 Å². The number of allylic oxidation sites excluding steroid dienone is 8. The number of nitrogens with zero attached hydrogens (tertiary/aromatic N) is 1. The van der Waals surface area contributed by atoms with Crippen molar-refractivity contribution in [3.8, 4) is 16.9 Å². The van der Waals surface area contributed by atoms with Crippen LogP contribution in [-0.2, 0) is 11.2 Å². The van der Waals surface area contributed by atoms with Gasteiger partial charge in [-0.25, -0.2) is 0 Å². The Balaban J connectivity index is 1.37. The number of aromatic nitrogens is 1. The summed E-state index contributed by atoms with van der Waals surface area (Å²) in [5.41, 5.74) is 10.9. The molecule has 2 aliphatic heterocycles. The molecule has 0 atom stereocenters. The van der Waals surface area contributed by atoms with E-state index in [1.165, 1.54) is 33.6 Å². The minimum atomic E-state index is 0.926. The summed E-state index contributed by atoms with van der Waals surface area (Å²) >= 11 is 0. The first-order chi connectivity index (χ1) is 15.8. The van der Waals surface area contributed by atoms with Crippen molar-refractivity contribution in [1.29, 1.82) is 0 Å². The lowest BCUT2D eigenvalue weighted by molar-refractivity contribution is -0.599. The highest BCUT2D eigenvalue weighted by molar-refractivity contribution is 5.84. The second-order valence-electron chi connectivity index (χ2n) is 8.47. The number of pyridine rings is 1. The van der Waals surface area contributed by atoms with E-state index in [0.29, 0.717) is 0 Å². The highest BCUT2D eigenvalue weighted by Crippen LogP contribution is 2.37. The number of hydrogen-bond donors (Lipinski definition) is 0. The molecule has 0 spiro atoms. The molecule has 1 aliphatic carbocycles. The molecule has 0 unspecified atom stereocenters. The van der Waals surface area contributed by atoms with E-state index in [0.717, 1.165) is 41.7 Å². The summed E-state index contributed by atoms with van der Waals surface area (Å²) in [6.07, 6.45) is 15.4. The predicted octanol–water partition coefficient (Wildman–Crippen LogP) is 6.62. The van der Waals surface area contributed by atoms with Gasteiger partial charge in [0.1, 0.15) is 11.3 Å². The van der Waals surface area contributed by atoms with Crippen LogP contribution in [0, 0.1) is 0 Å². The SMILES string of the molecule is C=C1/C=C(c2ccc3c(c2)-c2c(Cc4ccccc4)ccc[n+]2-3)\C=C/OC2=C1C=CCC2. The lowest BCUT2D eigenvalue weighted by Crippen LogP contribution is -2.42. The van der Waals surface area contributed by atoms with E-state index < -0.39 is 0 Å². The maximum atomic E-state index is 5.96. The van der Waals surface area contributed by atoms with Crippen molar-refractivity contribution in [2.45, 2.75) is 19.3 Å². The van der Waals surface area contributed by atoms with Crippen molar-refractivity contribution < 1.29 is 9.30 Å². The van der Waals surface area contributed by atoms with Crippen molar-refractivity contribution in [2.24, 2.45) is 0 Å². The Kier molecular flexibility index (Phi) is 4.50. The molecule has 0 fully saturated rings. The summed E-state index contributed by atoms with van der Waals surface area (Å²) in [4.78, 5) is 0. The Hall–Kier alpha value is -3.91. The van der Waals surface area contributed by atoms with Gasteiger partial charge in [0.25, 0.3) is 0 Å². The van der Waals surface area contributed by atoms with Gasteiger partial charge in [-0.05, 0) is 59.0 Å². The van der Waals surface area contributed by atoms with Crippen molar-refractivity contribution in [1.82, 2.24) is 0 Å². The molecular weight excluding hydrogens is 390 g/mol. The third-order valence-corrected chi connectivity index (χ3v) is 6.42. The lowest BCUT2D eigenvalue weighted by atomic mass is 9.89. The molecule has 0 N–H and O–H groups in total. The number of rotatable bonds is 3. The third kappa shape index (κ3) is 3.16. The highest BCUT2D eigenvalue weighted by atomic mass is 16.5. The average Bonchev–Trinajstić information content (AvgIpc) is 2.81. The summed E-state index contributed by atoms with van der Waals surface area (Å²) in [7, 11) is 0. The Morgan fingerprint density at radius 2 is 1.88 bits per heavy atom. The molecule has 32 heavy (non-hydrogen) atoms. The largest absolute Gasteiger partial charge is 0.469 e. The van der Waals surface area contributed by atoms with Gasteiger partial charge in [0.15, 0.2) is 6.20 Å². The number of fused-ring (bicyclic) bond motifs is 4. The van der Waals surface area contributed by atoms with Gasteiger partial charge in [0, 0.05) is 36.1 Å². The van der Waals surface area contributed by atoms with E-state index >= 15 is 0 Å². The van der Waals surface area contributed by atoms with Gasteiger partial charge >= 0.3 is 0 Å². The normalized spacial score (nSPS) is 18.8. The molecule has 154 valence electrons. The van der Waals surface area contributed by atoms with Crippen molar-refractivity contribution >= 4 is 5.57 Å². The smallest absolute Gasteiger partial charge is 0.228 e. The number of ether oxygens (including phenoxy) is 1. The highest BCUT2D eigenvalue weighted by Gasteiger charge is 2.35. The van der Waals surface area contributed by atoms with E-state index in [2.05, 4.69) is 102 Å². The molecule has 1 aromatic heterocycles. The molecular formula is C30H24NO+. The van der Waals surface area contributed by atoms with Gasteiger partial charge in [-0.2, -0.15) is 4.57 Å². The first-order valence-corrected chi connectivity index (χ1v) is 11.1. The molecule has 0 amide bonds. The summed E-state index contributed by atoms with van der Waals surface area (Å²) in [6.45, 7) is 4.32. The van der Waals surface area contributed by atoms with Gasteiger partial charge in [-0.1, -0.05) is 49.1 Å². The topological polar surface area (TPSA) is 13.1 Å². The van der Waals surface area contributed by atoms with Crippen molar-refractivity contribution in [3.63, 3.8) is 0 Å². The molecule has 2 nitrogen and oxygen atoms in total. The zero-order valence-electron chi connectivity index (χ0n) is 17.9.